The number of hydrogen-bond donors (Lipinski definition) is 1. The zero-order chi connectivity index (χ0) is 42.0. The maximum atomic E-state index is 5.87. The van der Waals surface area contributed by atoms with Crippen molar-refractivity contribution in [1.29, 1.82) is 0 Å². The third-order valence-electron chi connectivity index (χ3n) is 10.3. The molecule has 0 aliphatic carbocycles. The van der Waals surface area contributed by atoms with Crippen LogP contribution in [0.25, 0.3) is 94.1 Å². The second-order valence-corrected chi connectivity index (χ2v) is 15.4. The van der Waals surface area contributed by atoms with E-state index in [1.807, 2.05) is 110 Å². The lowest BCUT2D eigenvalue weighted by Gasteiger charge is -2.16. The first kappa shape index (κ1) is 38.4. The Morgan fingerprint density at radius 1 is 0.645 bits per heavy atom. The molecule has 10 rings (SSSR count). The van der Waals surface area contributed by atoms with E-state index >= 15 is 0 Å². The van der Waals surface area contributed by atoms with Gasteiger partial charge in [0.05, 0.1) is 19.1 Å². The molecule has 0 bridgehead atoms. The number of hydrogen-bond acceptors (Lipinski definition) is 13. The molecule has 8 heterocycles. The summed E-state index contributed by atoms with van der Waals surface area (Å²) in [4.78, 5) is 40.2. The molecule has 0 fully saturated rings. The first-order valence-electron chi connectivity index (χ1n) is 19.9. The van der Waals surface area contributed by atoms with Crippen LogP contribution in [0.5, 0.6) is 5.88 Å². The van der Waals surface area contributed by atoms with Crippen molar-refractivity contribution in [3.05, 3.63) is 146 Å². The summed E-state index contributed by atoms with van der Waals surface area (Å²) < 4.78 is 13.1. The standard InChI is InChI=1S/C48H37N11O2S/c1-29(28-60-2)53-45-39-38(42(31-20-24-49-25-21-31)62-48(39)57-43(54-45)35-16-7-9-22-50-35)33-15-11-14-32(26-33)34-18-19-37(52-27-34)59-46-40(41(58-59)30-12-5-4-6-13-30)47(61-3)56-44(55-46)36-17-8-10-23-51-36/h4-27,29H,28H2,1-3H3,(H,53,54,57). The molecule has 0 spiro atoms. The molecule has 8 aromatic heterocycles. The summed E-state index contributed by atoms with van der Waals surface area (Å²) in [6.45, 7) is 2.57. The van der Waals surface area contributed by atoms with Gasteiger partial charge in [-0.2, -0.15) is 14.8 Å². The van der Waals surface area contributed by atoms with E-state index in [0.717, 1.165) is 48.5 Å². The van der Waals surface area contributed by atoms with Crippen LogP contribution in [0, 0.1) is 0 Å². The van der Waals surface area contributed by atoms with E-state index in [-0.39, 0.29) is 6.04 Å². The largest absolute Gasteiger partial charge is 0.480 e. The quantitative estimate of drug-likeness (QED) is 0.125. The normalized spacial score (nSPS) is 11.9. The summed E-state index contributed by atoms with van der Waals surface area (Å²) in [6, 6.07) is 37.8. The minimum absolute atomic E-state index is 0.0347. The SMILES string of the molecule is COCC(C)Nc1nc(-c2ccccn2)nc2sc(-c3ccncc3)c(-c3cccc(-c4ccc(-n5nc(-c6ccccc6)c6c(OC)nc(-c7ccccn7)nc65)nc4)c3)c12. The second kappa shape index (κ2) is 16.7. The van der Waals surface area contributed by atoms with Gasteiger partial charge >= 0.3 is 0 Å². The van der Waals surface area contributed by atoms with E-state index in [2.05, 4.69) is 51.5 Å². The van der Waals surface area contributed by atoms with Gasteiger partial charge in [0.15, 0.2) is 23.1 Å². The fourth-order valence-corrected chi connectivity index (χ4v) is 8.66. The highest BCUT2D eigenvalue weighted by Crippen LogP contribution is 2.47. The number of aromatic nitrogens is 10. The number of rotatable bonds is 12. The van der Waals surface area contributed by atoms with Crippen LogP contribution in [0.3, 0.4) is 0 Å². The van der Waals surface area contributed by atoms with Crippen molar-refractivity contribution in [2.45, 2.75) is 13.0 Å². The molecule has 1 unspecified atom stereocenters. The maximum absolute atomic E-state index is 5.87. The monoisotopic (exact) mass is 831 g/mol. The number of fused-ring (bicyclic) bond motifs is 2. The zero-order valence-electron chi connectivity index (χ0n) is 33.8. The molecule has 0 radical (unpaired) electrons. The molecule has 0 aliphatic rings. The number of benzene rings is 2. The van der Waals surface area contributed by atoms with Crippen LogP contribution in [0.15, 0.2) is 146 Å². The Morgan fingerprint density at radius 2 is 1.37 bits per heavy atom. The highest BCUT2D eigenvalue weighted by atomic mass is 32.1. The molecule has 13 nitrogen and oxygen atoms in total. The fraction of sp³-hybridized carbons (Fsp3) is 0.104. The molecule has 1 atom stereocenters. The van der Waals surface area contributed by atoms with Crippen LogP contribution in [0.4, 0.5) is 5.82 Å². The van der Waals surface area contributed by atoms with Crippen molar-refractivity contribution >= 4 is 38.4 Å². The van der Waals surface area contributed by atoms with E-state index in [4.69, 9.17) is 39.5 Å². The average molecular weight is 832 g/mol. The van der Waals surface area contributed by atoms with Gasteiger partial charge in [-0.3, -0.25) is 15.0 Å². The van der Waals surface area contributed by atoms with Gasteiger partial charge in [-0.25, -0.2) is 19.9 Å². The molecule has 14 heteroatoms. The molecular weight excluding hydrogens is 795 g/mol. The summed E-state index contributed by atoms with van der Waals surface area (Å²) in [5.41, 5.74) is 8.36. The molecule has 302 valence electrons. The topological polar surface area (TPSA) is 151 Å². The van der Waals surface area contributed by atoms with E-state index < -0.39 is 0 Å². The van der Waals surface area contributed by atoms with E-state index in [1.165, 1.54) is 0 Å². The summed E-state index contributed by atoms with van der Waals surface area (Å²) in [6.07, 6.45) is 8.95. The number of anilines is 1. The number of methoxy groups -OCH3 is 2. The highest BCUT2D eigenvalue weighted by molar-refractivity contribution is 7.22. The van der Waals surface area contributed by atoms with E-state index in [0.29, 0.717) is 63.9 Å². The van der Waals surface area contributed by atoms with Gasteiger partial charge in [0.1, 0.15) is 33.1 Å². The van der Waals surface area contributed by atoms with Gasteiger partial charge in [-0.1, -0.05) is 60.7 Å². The minimum atomic E-state index is -0.0347. The number of thiophene rings is 1. The Hall–Kier alpha value is -7.81. The second-order valence-electron chi connectivity index (χ2n) is 14.4. The Bertz CT molecular complexity index is 3170. The summed E-state index contributed by atoms with van der Waals surface area (Å²) >= 11 is 1.62. The Labute approximate surface area is 360 Å². The van der Waals surface area contributed by atoms with E-state index in [9.17, 15) is 0 Å². The summed E-state index contributed by atoms with van der Waals surface area (Å²) in [5.74, 6) is 2.64. The van der Waals surface area contributed by atoms with Crippen molar-refractivity contribution in [1.82, 2.24) is 49.7 Å². The lowest BCUT2D eigenvalue weighted by Crippen LogP contribution is -2.22. The first-order chi connectivity index (χ1) is 30.6. The smallest absolute Gasteiger partial charge is 0.228 e. The third-order valence-corrected chi connectivity index (χ3v) is 11.4. The summed E-state index contributed by atoms with van der Waals surface area (Å²) in [7, 11) is 3.30. The van der Waals surface area contributed by atoms with E-state index in [1.54, 1.807) is 42.6 Å². The van der Waals surface area contributed by atoms with Crippen molar-refractivity contribution in [3.63, 3.8) is 0 Å². The molecule has 0 saturated carbocycles. The average Bonchev–Trinajstić information content (AvgIpc) is 3.93. The molecule has 10 aromatic rings. The molecule has 2 aromatic carbocycles. The van der Waals surface area contributed by atoms with Crippen LogP contribution >= 0.6 is 11.3 Å². The Balaban J connectivity index is 1.10. The minimum Gasteiger partial charge on any atom is -0.480 e. The number of nitrogens with one attached hydrogen (secondary N) is 1. The lowest BCUT2D eigenvalue weighted by atomic mass is 9.96. The van der Waals surface area contributed by atoms with Crippen LogP contribution < -0.4 is 10.1 Å². The number of ether oxygens (including phenoxy) is 2. The summed E-state index contributed by atoms with van der Waals surface area (Å²) in [5, 5.41) is 10.3. The Kier molecular flexibility index (Phi) is 10.3. The van der Waals surface area contributed by atoms with Gasteiger partial charge in [-0.15, -0.1) is 11.3 Å². The molecule has 1 N–H and O–H groups in total. The molecule has 62 heavy (non-hydrogen) atoms. The van der Waals surface area contributed by atoms with Gasteiger partial charge in [0.25, 0.3) is 0 Å². The van der Waals surface area contributed by atoms with Crippen molar-refractivity contribution in [2.75, 3.05) is 26.1 Å². The Morgan fingerprint density at radius 3 is 2.06 bits per heavy atom. The first-order valence-corrected chi connectivity index (χ1v) is 20.7. The van der Waals surface area contributed by atoms with Crippen molar-refractivity contribution in [2.24, 2.45) is 0 Å². The predicted octanol–water partition coefficient (Wildman–Crippen LogP) is 9.86. The zero-order valence-corrected chi connectivity index (χ0v) is 34.7. The van der Waals surface area contributed by atoms with Crippen LogP contribution in [0.1, 0.15) is 6.92 Å². The van der Waals surface area contributed by atoms with Gasteiger partial charge < -0.3 is 14.8 Å². The van der Waals surface area contributed by atoms with Crippen LogP contribution in [-0.2, 0) is 4.74 Å². The molecular formula is C48H37N11O2S. The fourth-order valence-electron chi connectivity index (χ4n) is 7.46. The van der Waals surface area contributed by atoms with Gasteiger partial charge in [-0.05, 0) is 78.2 Å². The number of pyridine rings is 4. The van der Waals surface area contributed by atoms with Gasteiger partial charge in [0, 0.05) is 65.7 Å². The predicted molar refractivity (Wildman–Crippen MR) is 243 cm³/mol. The maximum Gasteiger partial charge on any atom is 0.228 e. The van der Waals surface area contributed by atoms with Crippen LogP contribution in [-0.4, -0.2) is 76.5 Å². The third kappa shape index (κ3) is 7.27. The van der Waals surface area contributed by atoms with Crippen molar-refractivity contribution in [3.8, 4) is 78.7 Å². The van der Waals surface area contributed by atoms with Crippen molar-refractivity contribution < 1.29 is 9.47 Å². The molecule has 0 aliphatic heterocycles. The molecule has 0 amide bonds. The molecule has 0 saturated heterocycles. The lowest BCUT2D eigenvalue weighted by molar-refractivity contribution is 0.190. The van der Waals surface area contributed by atoms with Crippen LogP contribution in [0.2, 0.25) is 0 Å². The highest BCUT2D eigenvalue weighted by Gasteiger charge is 2.25. The number of nitrogens with zero attached hydrogens (tertiary/aromatic N) is 10. The van der Waals surface area contributed by atoms with Gasteiger partial charge in [0.2, 0.25) is 5.88 Å².